The molecule has 0 fully saturated rings. The molecule has 1 aromatic carbocycles. The molecule has 0 bridgehead atoms. The molecule has 0 aliphatic heterocycles. The van der Waals surface area contributed by atoms with Crippen molar-refractivity contribution in [1.29, 1.82) is 5.26 Å². The summed E-state index contributed by atoms with van der Waals surface area (Å²) in [6.07, 6.45) is 0.709. The Kier molecular flexibility index (Phi) is 2.60. The first kappa shape index (κ1) is 9.20. The lowest BCUT2D eigenvalue weighted by molar-refractivity contribution is -0.384. The van der Waals surface area contributed by atoms with Crippen molar-refractivity contribution in [3.05, 3.63) is 39.4 Å². The molecule has 0 radical (unpaired) electrons. The number of benzene rings is 1. The highest BCUT2D eigenvalue weighted by molar-refractivity contribution is 5.46. The maximum Gasteiger partial charge on any atom is 0.270 e. The van der Waals surface area contributed by atoms with Gasteiger partial charge < -0.3 is 0 Å². The third-order valence-corrected chi connectivity index (χ3v) is 1.81. The number of nitro benzene ring substituents is 1. The van der Waals surface area contributed by atoms with E-state index in [9.17, 15) is 10.1 Å². The third kappa shape index (κ3) is 1.82. The lowest BCUT2D eigenvalue weighted by Crippen LogP contribution is -1.92. The van der Waals surface area contributed by atoms with Crippen LogP contribution in [-0.4, -0.2) is 4.92 Å². The highest BCUT2D eigenvalue weighted by atomic mass is 16.6. The molecule has 0 saturated carbocycles. The van der Waals surface area contributed by atoms with Crippen molar-refractivity contribution < 1.29 is 4.92 Å². The molecule has 0 heterocycles. The lowest BCUT2D eigenvalue weighted by Gasteiger charge is -1.98. The molecule has 0 atom stereocenters. The number of nitro groups is 1. The molecule has 0 amide bonds. The molecule has 0 N–H and O–H groups in total. The molecule has 4 heteroatoms. The van der Waals surface area contributed by atoms with Crippen LogP contribution in [0.25, 0.3) is 0 Å². The Morgan fingerprint density at radius 2 is 2.31 bits per heavy atom. The smallest absolute Gasteiger partial charge is 0.258 e. The summed E-state index contributed by atoms with van der Waals surface area (Å²) in [6, 6.07) is 6.28. The zero-order chi connectivity index (χ0) is 9.84. The molecular weight excluding hydrogens is 168 g/mol. The van der Waals surface area contributed by atoms with Gasteiger partial charge in [0.05, 0.1) is 16.6 Å². The number of nitrogens with zero attached hydrogens (tertiary/aromatic N) is 2. The molecule has 0 aromatic heterocycles. The van der Waals surface area contributed by atoms with Gasteiger partial charge in [-0.1, -0.05) is 13.0 Å². The van der Waals surface area contributed by atoms with Crippen LogP contribution in [0.2, 0.25) is 0 Å². The number of non-ortho nitro benzene ring substituents is 1. The van der Waals surface area contributed by atoms with E-state index < -0.39 is 4.92 Å². The van der Waals surface area contributed by atoms with Gasteiger partial charge >= 0.3 is 0 Å². The molecule has 0 spiro atoms. The summed E-state index contributed by atoms with van der Waals surface area (Å²) in [7, 11) is 0. The fourth-order valence-electron chi connectivity index (χ4n) is 1.09. The van der Waals surface area contributed by atoms with Crippen LogP contribution in [0.4, 0.5) is 5.69 Å². The van der Waals surface area contributed by atoms with Gasteiger partial charge in [-0.05, 0) is 12.0 Å². The molecule has 4 nitrogen and oxygen atoms in total. The molecule has 0 unspecified atom stereocenters. The quantitative estimate of drug-likeness (QED) is 0.511. The van der Waals surface area contributed by atoms with E-state index in [1.807, 2.05) is 13.0 Å². The minimum atomic E-state index is -0.500. The standard InChI is InChI=1S/C9H8N2O2/c1-2-7-3-4-9(11(12)13)5-8(7)6-10/h3-5H,2H2,1H3. The van der Waals surface area contributed by atoms with Crippen LogP contribution in [0.3, 0.4) is 0 Å². The van der Waals surface area contributed by atoms with Crippen LogP contribution >= 0.6 is 0 Å². The number of nitriles is 1. The number of rotatable bonds is 2. The second-order valence-electron chi connectivity index (χ2n) is 2.56. The molecular formula is C9H8N2O2. The minimum Gasteiger partial charge on any atom is -0.258 e. The van der Waals surface area contributed by atoms with E-state index in [0.29, 0.717) is 12.0 Å². The summed E-state index contributed by atoms with van der Waals surface area (Å²) < 4.78 is 0. The zero-order valence-corrected chi connectivity index (χ0v) is 7.15. The second kappa shape index (κ2) is 3.68. The van der Waals surface area contributed by atoms with Gasteiger partial charge in [0.2, 0.25) is 0 Å². The molecule has 0 aliphatic carbocycles. The average Bonchev–Trinajstić information content (AvgIpc) is 2.16. The van der Waals surface area contributed by atoms with Crippen molar-refractivity contribution in [3.8, 4) is 6.07 Å². The van der Waals surface area contributed by atoms with E-state index in [1.54, 1.807) is 6.07 Å². The van der Waals surface area contributed by atoms with Crippen LogP contribution in [-0.2, 0) is 6.42 Å². The fourth-order valence-corrected chi connectivity index (χ4v) is 1.09. The zero-order valence-electron chi connectivity index (χ0n) is 7.15. The predicted molar refractivity (Wildman–Crippen MR) is 47.2 cm³/mol. The van der Waals surface area contributed by atoms with E-state index in [0.717, 1.165) is 5.56 Å². The molecule has 0 aliphatic rings. The summed E-state index contributed by atoms with van der Waals surface area (Å²) in [5.74, 6) is 0. The van der Waals surface area contributed by atoms with Gasteiger partial charge in [-0.2, -0.15) is 5.26 Å². The minimum absolute atomic E-state index is 0.0336. The van der Waals surface area contributed by atoms with Gasteiger partial charge in [0.1, 0.15) is 0 Å². The fraction of sp³-hybridized carbons (Fsp3) is 0.222. The van der Waals surface area contributed by atoms with Crippen LogP contribution < -0.4 is 0 Å². The van der Waals surface area contributed by atoms with Crippen LogP contribution in [0.5, 0.6) is 0 Å². The van der Waals surface area contributed by atoms with E-state index in [2.05, 4.69) is 0 Å². The van der Waals surface area contributed by atoms with Crippen LogP contribution in [0.1, 0.15) is 18.1 Å². The maximum absolute atomic E-state index is 10.4. The average molecular weight is 176 g/mol. The molecule has 1 rings (SSSR count). The van der Waals surface area contributed by atoms with Crippen molar-refractivity contribution in [1.82, 2.24) is 0 Å². The Morgan fingerprint density at radius 3 is 2.77 bits per heavy atom. The first-order valence-electron chi connectivity index (χ1n) is 3.86. The summed E-state index contributed by atoms with van der Waals surface area (Å²) in [5, 5.41) is 19.0. The normalized spacial score (nSPS) is 9.23. The van der Waals surface area contributed by atoms with Gasteiger partial charge in [0.15, 0.2) is 0 Å². The van der Waals surface area contributed by atoms with Gasteiger partial charge in [0.25, 0.3) is 5.69 Å². The highest BCUT2D eigenvalue weighted by Crippen LogP contribution is 2.17. The topological polar surface area (TPSA) is 66.9 Å². The second-order valence-corrected chi connectivity index (χ2v) is 2.56. The number of hydrogen-bond donors (Lipinski definition) is 0. The summed E-state index contributed by atoms with van der Waals surface area (Å²) in [5.41, 5.74) is 1.19. The van der Waals surface area contributed by atoms with Gasteiger partial charge in [-0.15, -0.1) is 0 Å². The van der Waals surface area contributed by atoms with E-state index in [-0.39, 0.29) is 5.69 Å². The number of aryl methyl sites for hydroxylation is 1. The van der Waals surface area contributed by atoms with Crippen molar-refractivity contribution in [2.75, 3.05) is 0 Å². The highest BCUT2D eigenvalue weighted by Gasteiger charge is 2.08. The van der Waals surface area contributed by atoms with Crippen molar-refractivity contribution >= 4 is 5.69 Å². The van der Waals surface area contributed by atoms with Crippen LogP contribution in [0.15, 0.2) is 18.2 Å². The Labute approximate surface area is 75.6 Å². The van der Waals surface area contributed by atoms with Crippen molar-refractivity contribution in [2.45, 2.75) is 13.3 Å². The summed E-state index contributed by atoms with van der Waals surface area (Å²) in [4.78, 5) is 9.87. The Hall–Kier alpha value is -1.89. The Balaban J connectivity index is 3.23. The van der Waals surface area contributed by atoms with Crippen LogP contribution in [0, 0.1) is 21.4 Å². The molecule has 66 valence electrons. The van der Waals surface area contributed by atoms with E-state index in [4.69, 9.17) is 5.26 Å². The predicted octanol–water partition coefficient (Wildman–Crippen LogP) is 2.03. The molecule has 1 aromatic rings. The number of hydrogen-bond acceptors (Lipinski definition) is 3. The molecule has 0 saturated heterocycles. The third-order valence-electron chi connectivity index (χ3n) is 1.81. The van der Waals surface area contributed by atoms with Crippen molar-refractivity contribution in [2.24, 2.45) is 0 Å². The summed E-state index contributed by atoms with van der Waals surface area (Å²) >= 11 is 0. The Bertz CT molecular complexity index is 380. The first-order valence-corrected chi connectivity index (χ1v) is 3.86. The lowest BCUT2D eigenvalue weighted by atomic mass is 10.1. The summed E-state index contributed by atoms with van der Waals surface area (Å²) in [6.45, 7) is 1.90. The Morgan fingerprint density at radius 1 is 1.62 bits per heavy atom. The largest absolute Gasteiger partial charge is 0.270 e. The SMILES string of the molecule is CCc1ccc([N+](=O)[O-])cc1C#N. The monoisotopic (exact) mass is 176 g/mol. The van der Waals surface area contributed by atoms with Crippen molar-refractivity contribution in [3.63, 3.8) is 0 Å². The molecule has 13 heavy (non-hydrogen) atoms. The van der Waals surface area contributed by atoms with Gasteiger partial charge in [-0.3, -0.25) is 10.1 Å². The van der Waals surface area contributed by atoms with Gasteiger partial charge in [0, 0.05) is 12.1 Å². The van der Waals surface area contributed by atoms with E-state index in [1.165, 1.54) is 12.1 Å². The first-order chi connectivity index (χ1) is 6.19. The van der Waals surface area contributed by atoms with Gasteiger partial charge in [-0.25, -0.2) is 0 Å². The van der Waals surface area contributed by atoms with E-state index >= 15 is 0 Å². The maximum atomic E-state index is 10.4.